The number of nitrogens with one attached hydrogen (secondary N) is 1. The van der Waals surface area contributed by atoms with Crippen LogP contribution in [0.25, 0.3) is 10.9 Å². The summed E-state index contributed by atoms with van der Waals surface area (Å²) in [7, 11) is 0. The fraction of sp³-hybridized carbons (Fsp3) is 0.364. The summed E-state index contributed by atoms with van der Waals surface area (Å²) >= 11 is 0. The molecule has 3 rings (SSSR count). The van der Waals surface area contributed by atoms with Gasteiger partial charge in [-0.25, -0.2) is 0 Å². The average molecular weight is 320 g/mol. The van der Waals surface area contributed by atoms with Crippen LogP contribution in [0, 0.1) is 6.92 Å². The molecule has 0 aliphatic carbocycles. The fourth-order valence-electron chi connectivity index (χ4n) is 3.06. The van der Waals surface area contributed by atoms with Crippen molar-refractivity contribution in [2.75, 3.05) is 0 Å². The van der Waals surface area contributed by atoms with Crippen LogP contribution in [-0.2, 0) is 13.1 Å². The number of para-hydroxylation sites is 1. The molecule has 0 amide bonds. The molecule has 1 aromatic heterocycles. The van der Waals surface area contributed by atoms with Crippen molar-refractivity contribution in [3.63, 3.8) is 0 Å². The van der Waals surface area contributed by atoms with Gasteiger partial charge in [0.2, 0.25) is 0 Å². The number of benzene rings is 2. The quantitative estimate of drug-likeness (QED) is 0.654. The van der Waals surface area contributed by atoms with Gasteiger partial charge in [0.25, 0.3) is 0 Å². The van der Waals surface area contributed by atoms with E-state index < -0.39 is 0 Å². The van der Waals surface area contributed by atoms with Crippen LogP contribution in [0.2, 0.25) is 0 Å². The molecule has 2 heteroatoms. The van der Waals surface area contributed by atoms with Gasteiger partial charge in [0.05, 0.1) is 0 Å². The number of nitrogens with zero attached hydrogens (tertiary/aromatic N) is 1. The lowest BCUT2D eigenvalue weighted by molar-refractivity contribution is 0.375. The van der Waals surface area contributed by atoms with E-state index in [2.05, 4.69) is 92.3 Å². The Bertz CT molecular complexity index is 827. The predicted molar refractivity (Wildman–Crippen MR) is 103 cm³/mol. The van der Waals surface area contributed by atoms with E-state index in [1.165, 1.54) is 27.6 Å². The van der Waals surface area contributed by atoms with Gasteiger partial charge in [0, 0.05) is 35.7 Å². The lowest BCUT2D eigenvalue weighted by atomic mass is 10.0. The highest BCUT2D eigenvalue weighted by Gasteiger charge is 2.15. The van der Waals surface area contributed by atoms with E-state index in [1.54, 1.807) is 0 Å². The summed E-state index contributed by atoms with van der Waals surface area (Å²) in [5, 5.41) is 5.04. The number of rotatable bonds is 6. The summed E-state index contributed by atoms with van der Waals surface area (Å²) in [6.07, 6.45) is 3.43. The molecule has 2 nitrogen and oxygen atoms in total. The van der Waals surface area contributed by atoms with Crippen LogP contribution in [0.1, 0.15) is 43.9 Å². The minimum Gasteiger partial charge on any atom is -0.343 e. The standard InChI is InChI=1S/C22H28N2/c1-5-22(3,4)23-14-19-16-24(21-12-7-6-11-20(19)21)15-18-10-8-9-17(2)13-18/h6-13,16,23H,5,14-15H2,1-4H3. The van der Waals surface area contributed by atoms with E-state index >= 15 is 0 Å². The molecule has 0 fully saturated rings. The van der Waals surface area contributed by atoms with E-state index in [4.69, 9.17) is 0 Å². The minimum absolute atomic E-state index is 0.166. The number of aryl methyl sites for hydroxylation is 1. The van der Waals surface area contributed by atoms with Crippen molar-refractivity contribution >= 4 is 10.9 Å². The molecule has 0 atom stereocenters. The molecule has 24 heavy (non-hydrogen) atoms. The summed E-state index contributed by atoms with van der Waals surface area (Å²) < 4.78 is 2.38. The molecule has 0 saturated carbocycles. The van der Waals surface area contributed by atoms with Crippen molar-refractivity contribution in [2.24, 2.45) is 0 Å². The SMILES string of the molecule is CCC(C)(C)NCc1cn(Cc2cccc(C)c2)c2ccccc12. The third kappa shape index (κ3) is 3.70. The van der Waals surface area contributed by atoms with E-state index in [-0.39, 0.29) is 5.54 Å². The van der Waals surface area contributed by atoms with Crippen LogP contribution >= 0.6 is 0 Å². The third-order valence-corrected chi connectivity index (χ3v) is 4.95. The van der Waals surface area contributed by atoms with Crippen LogP contribution in [0.3, 0.4) is 0 Å². The maximum Gasteiger partial charge on any atom is 0.0486 e. The molecule has 0 aliphatic rings. The second-order valence-corrected chi connectivity index (χ2v) is 7.38. The molecule has 1 N–H and O–H groups in total. The van der Waals surface area contributed by atoms with E-state index in [0.29, 0.717) is 0 Å². The maximum atomic E-state index is 3.69. The summed E-state index contributed by atoms with van der Waals surface area (Å²) in [6, 6.07) is 17.5. The number of hydrogen-bond donors (Lipinski definition) is 1. The number of hydrogen-bond acceptors (Lipinski definition) is 1. The molecule has 0 spiro atoms. The lowest BCUT2D eigenvalue weighted by Gasteiger charge is -2.24. The first-order valence-electron chi connectivity index (χ1n) is 8.86. The van der Waals surface area contributed by atoms with Crippen molar-refractivity contribution in [1.29, 1.82) is 0 Å². The monoisotopic (exact) mass is 320 g/mol. The smallest absolute Gasteiger partial charge is 0.0486 e. The second kappa shape index (κ2) is 6.82. The zero-order valence-corrected chi connectivity index (χ0v) is 15.3. The van der Waals surface area contributed by atoms with Gasteiger partial charge in [-0.2, -0.15) is 0 Å². The molecule has 126 valence electrons. The average Bonchev–Trinajstić information content (AvgIpc) is 2.91. The van der Waals surface area contributed by atoms with E-state index in [0.717, 1.165) is 19.5 Å². The summed E-state index contributed by atoms with van der Waals surface area (Å²) in [5.74, 6) is 0. The van der Waals surface area contributed by atoms with Crippen molar-refractivity contribution in [3.05, 3.63) is 71.4 Å². The van der Waals surface area contributed by atoms with Gasteiger partial charge in [-0.05, 0) is 44.4 Å². The highest BCUT2D eigenvalue weighted by atomic mass is 15.0. The van der Waals surface area contributed by atoms with Crippen LogP contribution < -0.4 is 5.32 Å². The van der Waals surface area contributed by atoms with Gasteiger partial charge < -0.3 is 9.88 Å². The van der Waals surface area contributed by atoms with Gasteiger partial charge in [-0.1, -0.05) is 55.0 Å². The molecule has 3 aromatic rings. The predicted octanol–water partition coefficient (Wildman–Crippen LogP) is 5.28. The van der Waals surface area contributed by atoms with Gasteiger partial charge in [-0.3, -0.25) is 0 Å². The zero-order chi connectivity index (χ0) is 17.2. The third-order valence-electron chi connectivity index (χ3n) is 4.95. The Labute approximate surface area is 145 Å². The highest BCUT2D eigenvalue weighted by molar-refractivity contribution is 5.84. The first-order chi connectivity index (χ1) is 11.5. The molecule has 1 heterocycles. The Morgan fingerprint density at radius 3 is 2.58 bits per heavy atom. The largest absolute Gasteiger partial charge is 0.343 e. The van der Waals surface area contributed by atoms with Gasteiger partial charge >= 0.3 is 0 Å². The molecule has 0 unspecified atom stereocenters. The van der Waals surface area contributed by atoms with Crippen LogP contribution in [0.4, 0.5) is 0 Å². The van der Waals surface area contributed by atoms with Gasteiger partial charge in [0.1, 0.15) is 0 Å². The fourth-order valence-corrected chi connectivity index (χ4v) is 3.06. The number of fused-ring (bicyclic) bond motifs is 1. The molecule has 2 aromatic carbocycles. The van der Waals surface area contributed by atoms with Crippen molar-refractivity contribution in [3.8, 4) is 0 Å². The second-order valence-electron chi connectivity index (χ2n) is 7.38. The van der Waals surface area contributed by atoms with Gasteiger partial charge in [0.15, 0.2) is 0 Å². The molecule has 0 radical (unpaired) electrons. The first kappa shape index (κ1) is 16.8. The lowest BCUT2D eigenvalue weighted by Crippen LogP contribution is -2.37. The molecular weight excluding hydrogens is 292 g/mol. The summed E-state index contributed by atoms with van der Waals surface area (Å²) in [5.41, 5.74) is 5.52. The molecular formula is C22H28N2. The van der Waals surface area contributed by atoms with Gasteiger partial charge in [-0.15, -0.1) is 0 Å². The van der Waals surface area contributed by atoms with Crippen molar-refractivity contribution < 1.29 is 0 Å². The molecule has 0 bridgehead atoms. The highest BCUT2D eigenvalue weighted by Crippen LogP contribution is 2.23. The zero-order valence-electron chi connectivity index (χ0n) is 15.3. The Morgan fingerprint density at radius 1 is 1.04 bits per heavy atom. The normalized spacial score (nSPS) is 12.0. The Hall–Kier alpha value is -2.06. The van der Waals surface area contributed by atoms with Crippen LogP contribution in [-0.4, -0.2) is 10.1 Å². The molecule has 0 aliphatic heterocycles. The van der Waals surface area contributed by atoms with Crippen molar-refractivity contribution in [1.82, 2.24) is 9.88 Å². The molecule has 0 saturated heterocycles. The van der Waals surface area contributed by atoms with Crippen LogP contribution in [0.5, 0.6) is 0 Å². The Kier molecular flexibility index (Phi) is 4.77. The number of aromatic nitrogens is 1. The van der Waals surface area contributed by atoms with Crippen molar-refractivity contribution in [2.45, 2.75) is 52.7 Å². The summed E-state index contributed by atoms with van der Waals surface area (Å²) in [4.78, 5) is 0. The van der Waals surface area contributed by atoms with Crippen LogP contribution in [0.15, 0.2) is 54.7 Å². The summed E-state index contributed by atoms with van der Waals surface area (Å²) in [6.45, 7) is 10.7. The maximum absolute atomic E-state index is 3.69. The van der Waals surface area contributed by atoms with E-state index in [9.17, 15) is 0 Å². The van der Waals surface area contributed by atoms with E-state index in [1.807, 2.05) is 0 Å². The topological polar surface area (TPSA) is 17.0 Å². The minimum atomic E-state index is 0.166. The Balaban J connectivity index is 1.91. The Morgan fingerprint density at radius 2 is 1.83 bits per heavy atom. The first-order valence-corrected chi connectivity index (χ1v) is 8.86.